The summed E-state index contributed by atoms with van der Waals surface area (Å²) >= 11 is 0. The second-order valence-electron chi connectivity index (χ2n) is 7.79. The van der Waals surface area contributed by atoms with Gasteiger partial charge in [-0.3, -0.25) is 9.59 Å². The molecule has 1 aromatic carbocycles. The van der Waals surface area contributed by atoms with Crippen molar-refractivity contribution >= 4 is 17.4 Å². The van der Waals surface area contributed by atoms with Crippen LogP contribution in [0, 0.1) is 11.3 Å². The molecule has 0 aliphatic carbocycles. The zero-order valence-electron chi connectivity index (χ0n) is 16.5. The Balaban J connectivity index is 2.74. The highest BCUT2D eigenvalue weighted by Gasteiger charge is 2.22. The maximum absolute atomic E-state index is 12.2. The maximum Gasteiger partial charge on any atom is 0.248 e. The number of rotatable bonds is 9. The average Bonchev–Trinajstić information content (AvgIpc) is 2.58. The summed E-state index contributed by atoms with van der Waals surface area (Å²) in [5.74, 6) is 0.541. The SMILES string of the molecule is CC[C@H](N)C(=O)C[C@H](/C=C/C(=O)Nc1ccc(OC)cc1)CC(C)(C)C. The van der Waals surface area contributed by atoms with Crippen LogP contribution >= 0.6 is 0 Å². The van der Waals surface area contributed by atoms with E-state index in [1.165, 1.54) is 6.08 Å². The smallest absolute Gasteiger partial charge is 0.248 e. The molecule has 1 aromatic rings. The summed E-state index contributed by atoms with van der Waals surface area (Å²) in [6.07, 6.45) is 5.12. The fraction of sp³-hybridized carbons (Fsp3) is 0.524. The van der Waals surface area contributed by atoms with Crippen molar-refractivity contribution in [3.05, 3.63) is 36.4 Å². The Morgan fingerprint density at radius 2 is 1.85 bits per heavy atom. The highest BCUT2D eigenvalue weighted by atomic mass is 16.5. The maximum atomic E-state index is 12.2. The number of nitrogens with one attached hydrogen (secondary N) is 1. The number of anilines is 1. The third kappa shape index (κ3) is 8.30. The van der Waals surface area contributed by atoms with Gasteiger partial charge in [-0.2, -0.15) is 0 Å². The van der Waals surface area contributed by atoms with Crippen LogP contribution in [0.1, 0.15) is 47.0 Å². The van der Waals surface area contributed by atoms with Gasteiger partial charge in [-0.25, -0.2) is 0 Å². The van der Waals surface area contributed by atoms with E-state index in [0.29, 0.717) is 18.5 Å². The number of hydrogen-bond acceptors (Lipinski definition) is 4. The number of nitrogens with two attached hydrogens (primary N) is 1. The summed E-state index contributed by atoms with van der Waals surface area (Å²) in [5, 5.41) is 2.81. The van der Waals surface area contributed by atoms with Crippen LogP contribution in [0.15, 0.2) is 36.4 Å². The van der Waals surface area contributed by atoms with Crippen molar-refractivity contribution in [3.8, 4) is 5.75 Å². The van der Waals surface area contributed by atoms with E-state index >= 15 is 0 Å². The third-order valence-electron chi connectivity index (χ3n) is 4.07. The van der Waals surface area contributed by atoms with Gasteiger partial charge in [0.1, 0.15) is 11.5 Å². The van der Waals surface area contributed by atoms with Gasteiger partial charge in [-0.15, -0.1) is 0 Å². The Kier molecular flexibility index (Phi) is 8.52. The van der Waals surface area contributed by atoms with Crippen molar-refractivity contribution in [2.45, 2.75) is 53.0 Å². The molecule has 0 saturated heterocycles. The van der Waals surface area contributed by atoms with Crippen molar-refractivity contribution in [3.63, 3.8) is 0 Å². The first kappa shape index (κ1) is 21.9. The van der Waals surface area contributed by atoms with E-state index < -0.39 is 6.04 Å². The molecule has 0 bridgehead atoms. The lowest BCUT2D eigenvalue weighted by atomic mass is 9.81. The summed E-state index contributed by atoms with van der Waals surface area (Å²) in [4.78, 5) is 24.4. The monoisotopic (exact) mass is 360 g/mol. The highest BCUT2D eigenvalue weighted by molar-refractivity contribution is 5.99. The highest BCUT2D eigenvalue weighted by Crippen LogP contribution is 2.28. The first-order valence-electron chi connectivity index (χ1n) is 9.06. The summed E-state index contributed by atoms with van der Waals surface area (Å²) in [5.41, 5.74) is 6.59. The zero-order valence-corrected chi connectivity index (χ0v) is 16.5. The molecule has 144 valence electrons. The van der Waals surface area contributed by atoms with E-state index in [1.54, 1.807) is 31.4 Å². The summed E-state index contributed by atoms with van der Waals surface area (Å²) < 4.78 is 5.10. The fourth-order valence-electron chi connectivity index (χ4n) is 2.71. The van der Waals surface area contributed by atoms with Crippen molar-refractivity contribution in [1.29, 1.82) is 0 Å². The summed E-state index contributed by atoms with van der Waals surface area (Å²) in [7, 11) is 1.59. The molecule has 0 heterocycles. The minimum absolute atomic E-state index is 0.0123. The van der Waals surface area contributed by atoms with E-state index in [2.05, 4.69) is 26.1 Å². The quantitative estimate of drug-likeness (QED) is 0.654. The van der Waals surface area contributed by atoms with Crippen LogP contribution in [-0.2, 0) is 9.59 Å². The minimum atomic E-state index is -0.431. The first-order chi connectivity index (χ1) is 12.1. The van der Waals surface area contributed by atoms with Gasteiger partial charge in [0.05, 0.1) is 13.2 Å². The van der Waals surface area contributed by atoms with Crippen LogP contribution in [0.3, 0.4) is 0 Å². The molecule has 0 aliphatic rings. The molecular formula is C21H32N2O3. The second-order valence-corrected chi connectivity index (χ2v) is 7.79. The minimum Gasteiger partial charge on any atom is -0.497 e. The Morgan fingerprint density at radius 3 is 2.35 bits per heavy atom. The van der Waals surface area contributed by atoms with Gasteiger partial charge < -0.3 is 15.8 Å². The molecule has 5 nitrogen and oxygen atoms in total. The van der Waals surface area contributed by atoms with E-state index in [1.807, 2.05) is 13.0 Å². The van der Waals surface area contributed by atoms with E-state index in [9.17, 15) is 9.59 Å². The van der Waals surface area contributed by atoms with E-state index in [-0.39, 0.29) is 23.0 Å². The van der Waals surface area contributed by atoms with Crippen LogP contribution in [0.5, 0.6) is 5.75 Å². The van der Waals surface area contributed by atoms with Gasteiger partial charge in [0.25, 0.3) is 0 Å². The first-order valence-corrected chi connectivity index (χ1v) is 9.06. The molecule has 0 unspecified atom stereocenters. The number of benzene rings is 1. The molecule has 0 fully saturated rings. The molecule has 0 saturated carbocycles. The number of carbonyl (C=O) groups excluding carboxylic acids is 2. The van der Waals surface area contributed by atoms with Gasteiger partial charge in [-0.05, 0) is 54.5 Å². The predicted molar refractivity (Wildman–Crippen MR) is 106 cm³/mol. The van der Waals surface area contributed by atoms with Gasteiger partial charge in [0.15, 0.2) is 0 Å². The third-order valence-corrected chi connectivity index (χ3v) is 4.07. The molecule has 0 spiro atoms. The van der Waals surface area contributed by atoms with Crippen LogP contribution in [0.25, 0.3) is 0 Å². The molecule has 1 rings (SSSR count). The zero-order chi connectivity index (χ0) is 19.7. The Morgan fingerprint density at radius 1 is 1.23 bits per heavy atom. The Hall–Kier alpha value is -2.14. The number of hydrogen-bond donors (Lipinski definition) is 2. The van der Waals surface area contributed by atoms with Gasteiger partial charge in [0, 0.05) is 12.1 Å². The number of allylic oxidation sites excluding steroid dienone is 1. The molecule has 0 aliphatic heterocycles. The van der Waals surface area contributed by atoms with Crippen LogP contribution in [-0.4, -0.2) is 24.8 Å². The molecule has 1 amide bonds. The fourth-order valence-corrected chi connectivity index (χ4v) is 2.71. The van der Waals surface area contributed by atoms with Gasteiger partial charge in [0.2, 0.25) is 5.91 Å². The largest absolute Gasteiger partial charge is 0.497 e. The Bertz CT molecular complexity index is 615. The standard InChI is InChI=1S/C21H32N2O3/c1-6-18(22)19(24)13-15(14-21(2,3)4)7-12-20(25)23-16-8-10-17(26-5)11-9-16/h7-12,15,18H,6,13-14,22H2,1-5H3,(H,23,25)/b12-7+/t15-,18-/m0/s1. The number of amides is 1. The molecule has 5 heteroatoms. The molecule has 3 N–H and O–H groups in total. The average molecular weight is 360 g/mol. The molecule has 0 aromatic heterocycles. The lowest BCUT2D eigenvalue weighted by Crippen LogP contribution is -2.31. The number of ether oxygens (including phenoxy) is 1. The van der Waals surface area contributed by atoms with Gasteiger partial charge >= 0.3 is 0 Å². The molecule has 26 heavy (non-hydrogen) atoms. The molecule has 0 radical (unpaired) electrons. The number of ketones is 1. The number of Topliss-reactive ketones (excluding diaryl/α,β-unsaturated/α-hetero) is 1. The van der Waals surface area contributed by atoms with Gasteiger partial charge in [-0.1, -0.05) is 33.8 Å². The summed E-state index contributed by atoms with van der Waals surface area (Å²) in [6.45, 7) is 8.26. The predicted octanol–water partition coefficient (Wildman–Crippen LogP) is 3.94. The molecular weight excluding hydrogens is 328 g/mol. The van der Waals surface area contributed by atoms with Crippen molar-refractivity contribution in [1.82, 2.24) is 0 Å². The number of methoxy groups -OCH3 is 1. The second kappa shape index (κ2) is 10.1. The van der Waals surface area contributed by atoms with E-state index in [4.69, 9.17) is 10.5 Å². The van der Waals surface area contributed by atoms with Crippen molar-refractivity contribution in [2.24, 2.45) is 17.1 Å². The molecule has 2 atom stereocenters. The lowest BCUT2D eigenvalue weighted by Gasteiger charge is -2.24. The number of carbonyl (C=O) groups is 2. The van der Waals surface area contributed by atoms with Crippen LogP contribution < -0.4 is 15.8 Å². The Labute approximate surface area is 157 Å². The normalized spacial score (nSPS) is 14.1. The summed E-state index contributed by atoms with van der Waals surface area (Å²) in [6, 6.07) is 6.69. The van der Waals surface area contributed by atoms with Crippen LogP contribution in [0.2, 0.25) is 0 Å². The lowest BCUT2D eigenvalue weighted by molar-refractivity contribution is -0.121. The van der Waals surface area contributed by atoms with Crippen LogP contribution in [0.4, 0.5) is 5.69 Å². The van der Waals surface area contributed by atoms with E-state index in [0.717, 1.165) is 12.2 Å². The van der Waals surface area contributed by atoms with Crippen molar-refractivity contribution < 1.29 is 14.3 Å². The van der Waals surface area contributed by atoms with Crippen molar-refractivity contribution in [2.75, 3.05) is 12.4 Å². The topological polar surface area (TPSA) is 81.4 Å².